The Hall–Kier alpha value is -2.35. The molecule has 0 bridgehead atoms. The number of fused-ring (bicyclic) bond motifs is 1. The number of hydrogen-bond donors (Lipinski definition) is 1. The van der Waals surface area contributed by atoms with Crippen LogP contribution in [0.25, 0.3) is 11.3 Å². The fourth-order valence-corrected chi connectivity index (χ4v) is 4.25. The highest BCUT2D eigenvalue weighted by Crippen LogP contribution is 2.40. The Labute approximate surface area is 161 Å². The second-order valence-electron chi connectivity index (χ2n) is 7.74. The number of anilines is 1. The van der Waals surface area contributed by atoms with E-state index < -0.39 is 17.5 Å². The fourth-order valence-electron chi connectivity index (χ4n) is 4.25. The van der Waals surface area contributed by atoms with Gasteiger partial charge in [0.05, 0.1) is 11.3 Å². The third-order valence-corrected chi connectivity index (χ3v) is 5.77. The van der Waals surface area contributed by atoms with E-state index in [1.54, 1.807) is 6.92 Å². The Balaban J connectivity index is 1.64. The highest BCUT2D eigenvalue weighted by Gasteiger charge is 2.33. The number of piperidine rings is 1. The van der Waals surface area contributed by atoms with Gasteiger partial charge in [-0.05, 0) is 70.1 Å². The Morgan fingerprint density at radius 2 is 1.79 bits per heavy atom. The van der Waals surface area contributed by atoms with Crippen LogP contribution in [0.1, 0.15) is 29.5 Å². The highest BCUT2D eigenvalue weighted by molar-refractivity contribution is 5.73. The molecular weight excluding hydrogens is 369 g/mol. The molecule has 0 aliphatic carbocycles. The number of alkyl halides is 3. The van der Waals surface area contributed by atoms with Gasteiger partial charge in [0.1, 0.15) is 5.75 Å². The van der Waals surface area contributed by atoms with Gasteiger partial charge in [0.15, 0.2) is 5.82 Å². The summed E-state index contributed by atoms with van der Waals surface area (Å²) in [7, 11) is 2.12. The highest BCUT2D eigenvalue weighted by atomic mass is 19.4. The van der Waals surface area contributed by atoms with Crippen LogP contribution in [-0.2, 0) is 12.6 Å². The molecule has 3 heterocycles. The van der Waals surface area contributed by atoms with Crippen molar-refractivity contribution in [3.63, 3.8) is 0 Å². The number of phenols is 1. The number of nitrogens with zero attached hydrogens (tertiary/aromatic N) is 4. The predicted octanol–water partition coefficient (Wildman–Crippen LogP) is 3.63. The Morgan fingerprint density at radius 3 is 2.43 bits per heavy atom. The summed E-state index contributed by atoms with van der Waals surface area (Å²) in [6.07, 6.45) is -1.51. The molecule has 0 unspecified atom stereocenters. The van der Waals surface area contributed by atoms with Crippen molar-refractivity contribution in [2.75, 3.05) is 31.6 Å². The maximum atomic E-state index is 13.0. The average molecular weight is 392 g/mol. The molecule has 1 aromatic carbocycles. The van der Waals surface area contributed by atoms with Crippen molar-refractivity contribution >= 4 is 5.82 Å². The van der Waals surface area contributed by atoms with E-state index in [0.717, 1.165) is 62.4 Å². The molecule has 150 valence electrons. The van der Waals surface area contributed by atoms with Crippen molar-refractivity contribution in [1.29, 1.82) is 0 Å². The summed E-state index contributed by atoms with van der Waals surface area (Å²) in [6, 6.07) is 4.09. The average Bonchev–Trinajstić information content (AvgIpc) is 3.04. The third kappa shape index (κ3) is 3.41. The quantitative estimate of drug-likeness (QED) is 0.846. The molecule has 1 saturated heterocycles. The van der Waals surface area contributed by atoms with Crippen molar-refractivity contribution < 1.29 is 18.3 Å². The van der Waals surface area contributed by atoms with Crippen LogP contribution in [-0.4, -0.2) is 52.9 Å². The molecule has 4 rings (SSSR count). The molecule has 1 fully saturated rings. The summed E-state index contributed by atoms with van der Waals surface area (Å²) < 4.78 is 38.9. The van der Waals surface area contributed by atoms with Crippen molar-refractivity contribution in [2.24, 2.45) is 0 Å². The van der Waals surface area contributed by atoms with Crippen LogP contribution in [0.2, 0.25) is 0 Å². The Bertz CT molecular complexity index is 869. The van der Waals surface area contributed by atoms with Gasteiger partial charge in [0.25, 0.3) is 0 Å². The van der Waals surface area contributed by atoms with Crippen molar-refractivity contribution in [3.8, 4) is 17.0 Å². The molecule has 2 aliphatic heterocycles. The zero-order valence-corrected chi connectivity index (χ0v) is 15.9. The monoisotopic (exact) mass is 392 g/mol. The SMILES string of the molecule is Cc1cc(C(F)(F)F)cc(O)c1-c1cc2c(nn1)N(C1CCN(C)CC1)CC2. The molecule has 28 heavy (non-hydrogen) atoms. The molecule has 0 atom stereocenters. The largest absolute Gasteiger partial charge is 0.507 e. The van der Waals surface area contributed by atoms with E-state index in [9.17, 15) is 18.3 Å². The van der Waals surface area contributed by atoms with Gasteiger partial charge in [-0.2, -0.15) is 13.2 Å². The second-order valence-corrected chi connectivity index (χ2v) is 7.74. The van der Waals surface area contributed by atoms with Gasteiger partial charge in [-0.15, -0.1) is 10.2 Å². The lowest BCUT2D eigenvalue weighted by Crippen LogP contribution is -2.43. The van der Waals surface area contributed by atoms with Gasteiger partial charge < -0.3 is 14.9 Å². The Kier molecular flexibility index (Phi) is 4.69. The molecular formula is C20H23F3N4O. The first-order valence-corrected chi connectivity index (χ1v) is 9.47. The van der Waals surface area contributed by atoms with Crippen LogP contribution in [0.3, 0.4) is 0 Å². The number of hydrogen-bond acceptors (Lipinski definition) is 5. The van der Waals surface area contributed by atoms with Crippen LogP contribution >= 0.6 is 0 Å². The number of aryl methyl sites for hydroxylation is 1. The molecule has 2 aromatic rings. The summed E-state index contributed by atoms with van der Waals surface area (Å²) in [5.74, 6) is 0.439. The molecule has 0 spiro atoms. The van der Waals surface area contributed by atoms with Crippen LogP contribution in [0.15, 0.2) is 18.2 Å². The van der Waals surface area contributed by atoms with E-state index in [-0.39, 0.29) is 0 Å². The number of likely N-dealkylation sites (tertiary alicyclic amines) is 1. The lowest BCUT2D eigenvalue weighted by Gasteiger charge is -2.35. The van der Waals surface area contributed by atoms with Gasteiger partial charge in [-0.25, -0.2) is 0 Å². The number of rotatable bonds is 2. The van der Waals surface area contributed by atoms with Crippen molar-refractivity contribution in [1.82, 2.24) is 15.1 Å². The van der Waals surface area contributed by atoms with E-state index in [4.69, 9.17) is 0 Å². The van der Waals surface area contributed by atoms with Crippen LogP contribution in [0.5, 0.6) is 5.75 Å². The van der Waals surface area contributed by atoms with Crippen LogP contribution < -0.4 is 4.90 Å². The lowest BCUT2D eigenvalue weighted by atomic mass is 9.99. The van der Waals surface area contributed by atoms with Gasteiger partial charge >= 0.3 is 6.18 Å². The normalized spacial score (nSPS) is 18.5. The zero-order chi connectivity index (χ0) is 20.1. The van der Waals surface area contributed by atoms with E-state index in [1.807, 2.05) is 6.07 Å². The van der Waals surface area contributed by atoms with Gasteiger partial charge in [0, 0.05) is 23.7 Å². The van der Waals surface area contributed by atoms with E-state index in [1.165, 1.54) is 0 Å². The number of aromatic nitrogens is 2. The topological polar surface area (TPSA) is 52.5 Å². The maximum Gasteiger partial charge on any atom is 0.416 e. The van der Waals surface area contributed by atoms with Gasteiger partial charge in [-0.1, -0.05) is 0 Å². The van der Waals surface area contributed by atoms with E-state index >= 15 is 0 Å². The summed E-state index contributed by atoms with van der Waals surface area (Å²) >= 11 is 0. The number of aromatic hydroxyl groups is 1. The number of halogens is 3. The molecule has 1 N–H and O–H groups in total. The Morgan fingerprint density at radius 1 is 1.07 bits per heavy atom. The lowest BCUT2D eigenvalue weighted by molar-refractivity contribution is -0.137. The molecule has 2 aliphatic rings. The third-order valence-electron chi connectivity index (χ3n) is 5.77. The molecule has 0 amide bonds. The zero-order valence-electron chi connectivity index (χ0n) is 15.9. The van der Waals surface area contributed by atoms with E-state index in [2.05, 4.69) is 27.0 Å². The summed E-state index contributed by atoms with van der Waals surface area (Å²) in [6.45, 7) is 4.53. The minimum absolute atomic E-state index is 0.307. The number of phenolic OH excluding ortho intramolecular Hbond substituents is 1. The van der Waals surface area contributed by atoms with Gasteiger partial charge in [0.2, 0.25) is 0 Å². The number of benzene rings is 1. The van der Waals surface area contributed by atoms with Crippen LogP contribution in [0.4, 0.5) is 19.0 Å². The smallest absolute Gasteiger partial charge is 0.416 e. The molecule has 0 radical (unpaired) electrons. The summed E-state index contributed by atoms with van der Waals surface area (Å²) in [4.78, 5) is 4.62. The standard InChI is InChI=1S/C20H23F3N4O/c1-12-9-14(20(21,22)23)11-17(28)18(12)16-10-13-3-8-27(19(13)25-24-16)15-4-6-26(2)7-5-15/h9-11,15,28H,3-8H2,1-2H3. The molecule has 0 saturated carbocycles. The second kappa shape index (κ2) is 6.92. The van der Waals surface area contributed by atoms with Gasteiger partial charge in [-0.3, -0.25) is 0 Å². The minimum Gasteiger partial charge on any atom is -0.507 e. The molecule has 8 heteroatoms. The minimum atomic E-state index is -4.50. The molecule has 1 aromatic heterocycles. The fraction of sp³-hybridized carbons (Fsp3) is 0.500. The predicted molar refractivity (Wildman–Crippen MR) is 100 cm³/mol. The van der Waals surface area contributed by atoms with Crippen LogP contribution in [0, 0.1) is 6.92 Å². The first kappa shape index (κ1) is 19.0. The van der Waals surface area contributed by atoms with E-state index in [0.29, 0.717) is 22.9 Å². The summed E-state index contributed by atoms with van der Waals surface area (Å²) in [5, 5.41) is 18.9. The van der Waals surface area contributed by atoms with Crippen molar-refractivity contribution in [2.45, 2.75) is 38.4 Å². The first-order chi connectivity index (χ1) is 13.2. The maximum absolute atomic E-state index is 13.0. The molecule has 5 nitrogen and oxygen atoms in total. The van der Waals surface area contributed by atoms with Crippen molar-refractivity contribution in [3.05, 3.63) is 34.9 Å². The summed E-state index contributed by atoms with van der Waals surface area (Å²) in [5.41, 5.74) is 1.21. The first-order valence-electron chi connectivity index (χ1n) is 9.47.